The van der Waals surface area contributed by atoms with Gasteiger partial charge in [0.1, 0.15) is 12.1 Å². The van der Waals surface area contributed by atoms with E-state index in [-0.39, 0.29) is 0 Å². The van der Waals surface area contributed by atoms with Crippen LogP contribution in [0.25, 0.3) is 0 Å². The molecule has 0 N–H and O–H groups in total. The highest BCUT2D eigenvalue weighted by Crippen LogP contribution is 2.25. The van der Waals surface area contributed by atoms with Crippen LogP contribution < -0.4 is 4.90 Å². The van der Waals surface area contributed by atoms with Crippen LogP contribution in [0.1, 0.15) is 44.7 Å². The molecule has 2 aliphatic heterocycles. The summed E-state index contributed by atoms with van der Waals surface area (Å²) in [5.41, 5.74) is 1.15. The maximum Gasteiger partial charge on any atom is 0.132 e. The van der Waals surface area contributed by atoms with Gasteiger partial charge < -0.3 is 4.90 Å². The van der Waals surface area contributed by atoms with Gasteiger partial charge in [-0.3, -0.25) is 4.90 Å². The molecule has 2 fully saturated rings. The summed E-state index contributed by atoms with van der Waals surface area (Å²) in [5.74, 6) is 1.58. The van der Waals surface area contributed by atoms with E-state index in [1.165, 1.54) is 32.4 Å². The van der Waals surface area contributed by atoms with Crippen molar-refractivity contribution in [3.8, 4) is 0 Å². The van der Waals surface area contributed by atoms with Gasteiger partial charge in [0.2, 0.25) is 0 Å². The first-order valence-corrected chi connectivity index (χ1v) is 7.55. The summed E-state index contributed by atoms with van der Waals surface area (Å²) < 4.78 is 0. The average Bonchev–Trinajstić information content (AvgIpc) is 3.09. The van der Waals surface area contributed by atoms with Gasteiger partial charge in [0.05, 0.1) is 0 Å². The molecule has 1 atom stereocenters. The zero-order valence-corrected chi connectivity index (χ0v) is 12.0. The molecule has 104 valence electrons. The second-order valence-electron chi connectivity index (χ2n) is 6.09. The molecule has 0 spiro atoms. The Morgan fingerprint density at radius 3 is 2.68 bits per heavy atom. The normalized spacial score (nSPS) is 24.6. The van der Waals surface area contributed by atoms with Crippen molar-refractivity contribution < 1.29 is 0 Å². The van der Waals surface area contributed by atoms with Gasteiger partial charge in [-0.2, -0.15) is 0 Å². The smallest absolute Gasteiger partial charge is 0.132 e. The monoisotopic (exact) mass is 260 g/mol. The summed E-state index contributed by atoms with van der Waals surface area (Å²) in [7, 11) is 0. The number of aromatic nitrogens is 2. The third-order valence-corrected chi connectivity index (χ3v) is 4.41. The van der Waals surface area contributed by atoms with Gasteiger partial charge in [-0.1, -0.05) is 13.8 Å². The summed E-state index contributed by atoms with van der Waals surface area (Å²) in [4.78, 5) is 13.9. The van der Waals surface area contributed by atoms with Crippen LogP contribution in [0.5, 0.6) is 0 Å². The number of nitrogens with zero attached hydrogens (tertiary/aromatic N) is 4. The van der Waals surface area contributed by atoms with Gasteiger partial charge in [0.15, 0.2) is 0 Å². The zero-order chi connectivity index (χ0) is 13.2. The van der Waals surface area contributed by atoms with Crippen molar-refractivity contribution in [1.29, 1.82) is 0 Å². The quantitative estimate of drug-likeness (QED) is 0.834. The maximum absolute atomic E-state index is 4.46. The van der Waals surface area contributed by atoms with E-state index in [0.29, 0.717) is 5.92 Å². The Hall–Kier alpha value is -1.16. The number of hydrogen-bond acceptors (Lipinski definition) is 4. The molecule has 0 saturated carbocycles. The summed E-state index contributed by atoms with van der Waals surface area (Å²) in [6.07, 6.45) is 5.75. The van der Waals surface area contributed by atoms with E-state index in [9.17, 15) is 0 Å². The summed E-state index contributed by atoms with van der Waals surface area (Å²) >= 11 is 0. The molecule has 2 aliphatic rings. The molecule has 3 rings (SSSR count). The Kier molecular flexibility index (Phi) is 3.69. The van der Waals surface area contributed by atoms with Crippen LogP contribution >= 0.6 is 0 Å². The molecule has 1 aromatic heterocycles. The third kappa shape index (κ3) is 2.73. The topological polar surface area (TPSA) is 32.3 Å². The van der Waals surface area contributed by atoms with Gasteiger partial charge >= 0.3 is 0 Å². The van der Waals surface area contributed by atoms with E-state index >= 15 is 0 Å². The van der Waals surface area contributed by atoms with E-state index < -0.39 is 0 Å². The van der Waals surface area contributed by atoms with Crippen molar-refractivity contribution in [2.75, 3.05) is 31.1 Å². The van der Waals surface area contributed by atoms with Crippen molar-refractivity contribution >= 4 is 5.82 Å². The molecular weight excluding hydrogens is 236 g/mol. The van der Waals surface area contributed by atoms with Gasteiger partial charge in [-0.05, 0) is 38.3 Å². The average molecular weight is 260 g/mol. The van der Waals surface area contributed by atoms with Crippen molar-refractivity contribution in [1.82, 2.24) is 14.9 Å². The van der Waals surface area contributed by atoms with Crippen LogP contribution in [0.2, 0.25) is 0 Å². The SMILES string of the molecule is CC(C)c1cc(N2CC[C@H](N3CCCC3)C2)ncn1. The molecule has 19 heavy (non-hydrogen) atoms. The third-order valence-electron chi connectivity index (χ3n) is 4.41. The molecule has 4 heteroatoms. The molecule has 0 bridgehead atoms. The van der Waals surface area contributed by atoms with E-state index in [1.807, 2.05) is 0 Å². The lowest BCUT2D eigenvalue weighted by Crippen LogP contribution is -2.35. The first-order chi connectivity index (χ1) is 9.24. The Bertz CT molecular complexity index is 426. The number of anilines is 1. The lowest BCUT2D eigenvalue weighted by atomic mass is 10.1. The molecule has 0 aliphatic carbocycles. The van der Waals surface area contributed by atoms with E-state index in [1.54, 1.807) is 6.33 Å². The molecule has 1 aromatic rings. The minimum Gasteiger partial charge on any atom is -0.355 e. The van der Waals surface area contributed by atoms with Crippen LogP contribution in [-0.4, -0.2) is 47.1 Å². The van der Waals surface area contributed by atoms with Gasteiger partial charge in [0.25, 0.3) is 0 Å². The standard InChI is InChI=1S/C15H24N4/c1-12(2)14-9-15(17-11-16-14)19-8-5-13(10-19)18-6-3-4-7-18/h9,11-13H,3-8,10H2,1-2H3/t13-/m0/s1. The minimum absolute atomic E-state index is 0.471. The van der Waals surface area contributed by atoms with Crippen molar-refractivity contribution in [2.45, 2.75) is 45.1 Å². The summed E-state index contributed by atoms with van der Waals surface area (Å²) in [6, 6.07) is 2.90. The Morgan fingerprint density at radius 2 is 1.95 bits per heavy atom. The molecule has 0 amide bonds. The Morgan fingerprint density at radius 1 is 1.16 bits per heavy atom. The fraction of sp³-hybridized carbons (Fsp3) is 0.733. The molecule has 2 saturated heterocycles. The first-order valence-electron chi connectivity index (χ1n) is 7.55. The molecule has 0 radical (unpaired) electrons. The van der Waals surface area contributed by atoms with E-state index in [2.05, 4.69) is 39.7 Å². The number of hydrogen-bond donors (Lipinski definition) is 0. The second-order valence-corrected chi connectivity index (χ2v) is 6.09. The van der Waals surface area contributed by atoms with Gasteiger partial charge in [-0.15, -0.1) is 0 Å². The van der Waals surface area contributed by atoms with Crippen LogP contribution in [0.15, 0.2) is 12.4 Å². The summed E-state index contributed by atoms with van der Waals surface area (Å²) in [6.45, 7) is 9.22. The van der Waals surface area contributed by atoms with Crippen molar-refractivity contribution in [3.63, 3.8) is 0 Å². The summed E-state index contributed by atoms with van der Waals surface area (Å²) in [5, 5.41) is 0. The lowest BCUT2D eigenvalue weighted by Gasteiger charge is -2.24. The fourth-order valence-corrected chi connectivity index (χ4v) is 3.20. The molecule has 0 aromatic carbocycles. The highest BCUT2D eigenvalue weighted by molar-refractivity contribution is 5.41. The fourth-order valence-electron chi connectivity index (χ4n) is 3.20. The highest BCUT2D eigenvalue weighted by atomic mass is 15.3. The van der Waals surface area contributed by atoms with Crippen LogP contribution in [0, 0.1) is 0 Å². The van der Waals surface area contributed by atoms with Crippen molar-refractivity contribution in [2.24, 2.45) is 0 Å². The van der Waals surface area contributed by atoms with Gasteiger partial charge in [-0.25, -0.2) is 9.97 Å². The molecule has 4 nitrogen and oxygen atoms in total. The van der Waals surface area contributed by atoms with E-state index in [0.717, 1.165) is 30.6 Å². The Labute approximate surface area is 115 Å². The first kappa shape index (κ1) is 12.9. The largest absolute Gasteiger partial charge is 0.355 e. The lowest BCUT2D eigenvalue weighted by molar-refractivity contribution is 0.260. The van der Waals surface area contributed by atoms with Crippen LogP contribution in [0.4, 0.5) is 5.82 Å². The zero-order valence-electron chi connectivity index (χ0n) is 12.0. The van der Waals surface area contributed by atoms with E-state index in [4.69, 9.17) is 0 Å². The molecule has 0 unspecified atom stereocenters. The minimum atomic E-state index is 0.471. The number of rotatable bonds is 3. The number of likely N-dealkylation sites (tertiary alicyclic amines) is 1. The predicted molar refractivity (Wildman–Crippen MR) is 77.5 cm³/mol. The molecule has 3 heterocycles. The van der Waals surface area contributed by atoms with Crippen molar-refractivity contribution in [3.05, 3.63) is 18.1 Å². The highest BCUT2D eigenvalue weighted by Gasteiger charge is 2.29. The predicted octanol–water partition coefficient (Wildman–Crippen LogP) is 2.27. The van der Waals surface area contributed by atoms with Gasteiger partial charge in [0, 0.05) is 30.9 Å². The Balaban J connectivity index is 1.68. The van der Waals surface area contributed by atoms with Crippen LogP contribution in [-0.2, 0) is 0 Å². The molecular formula is C15H24N4. The second kappa shape index (κ2) is 5.45. The van der Waals surface area contributed by atoms with Crippen LogP contribution in [0.3, 0.4) is 0 Å². The maximum atomic E-state index is 4.46.